The quantitative estimate of drug-likeness (QED) is 0.477. The maximum absolute atomic E-state index is 11.7. The molecule has 8 heteroatoms. The number of hydrazone groups is 1. The van der Waals surface area contributed by atoms with E-state index in [4.69, 9.17) is 11.6 Å². The lowest BCUT2D eigenvalue weighted by molar-refractivity contribution is -0.384. The number of hydrogen-bond donors (Lipinski definition) is 2. The van der Waals surface area contributed by atoms with Gasteiger partial charge < -0.3 is 5.32 Å². The molecule has 0 atom stereocenters. The molecule has 7 nitrogen and oxygen atoms in total. The van der Waals surface area contributed by atoms with Crippen LogP contribution in [0.1, 0.15) is 11.1 Å². The average molecular weight is 347 g/mol. The predicted molar refractivity (Wildman–Crippen MR) is 93.5 cm³/mol. The highest BCUT2D eigenvalue weighted by molar-refractivity contribution is 6.32. The molecule has 0 saturated carbocycles. The van der Waals surface area contributed by atoms with E-state index >= 15 is 0 Å². The van der Waals surface area contributed by atoms with E-state index in [1.54, 1.807) is 6.07 Å². The third-order valence-corrected chi connectivity index (χ3v) is 3.39. The fraction of sp³-hybridized carbons (Fsp3) is 0.125. The minimum absolute atomic E-state index is 0.0449. The monoisotopic (exact) mass is 346 g/mol. The summed E-state index contributed by atoms with van der Waals surface area (Å²) in [5.74, 6) is -0.338. The van der Waals surface area contributed by atoms with E-state index < -0.39 is 4.92 Å². The van der Waals surface area contributed by atoms with Crippen LogP contribution in [0.5, 0.6) is 0 Å². The first-order chi connectivity index (χ1) is 11.5. The first-order valence-corrected chi connectivity index (χ1v) is 7.40. The van der Waals surface area contributed by atoms with Crippen LogP contribution in [0.4, 0.5) is 11.4 Å². The number of halogens is 1. The minimum Gasteiger partial charge on any atom is -0.376 e. The summed E-state index contributed by atoms with van der Waals surface area (Å²) in [5.41, 5.74) is 4.54. The number of nitro groups is 1. The van der Waals surface area contributed by atoms with Crippen LogP contribution < -0.4 is 10.7 Å². The molecule has 0 bridgehead atoms. The van der Waals surface area contributed by atoms with Crippen molar-refractivity contribution in [3.8, 4) is 0 Å². The number of amides is 1. The summed E-state index contributed by atoms with van der Waals surface area (Å²) in [6.07, 6.45) is 1.31. The second-order valence-corrected chi connectivity index (χ2v) is 5.39. The zero-order valence-electron chi connectivity index (χ0n) is 12.8. The third-order valence-electron chi connectivity index (χ3n) is 3.07. The van der Waals surface area contributed by atoms with Crippen molar-refractivity contribution < 1.29 is 9.72 Å². The lowest BCUT2D eigenvalue weighted by atomic mass is 10.2. The molecule has 0 unspecified atom stereocenters. The Bertz CT molecular complexity index is 775. The molecule has 0 saturated heterocycles. The molecule has 0 radical (unpaired) electrons. The summed E-state index contributed by atoms with van der Waals surface area (Å²) < 4.78 is 0. The van der Waals surface area contributed by atoms with Gasteiger partial charge in [-0.25, -0.2) is 5.43 Å². The molecule has 1 amide bonds. The van der Waals surface area contributed by atoms with Crippen LogP contribution in [-0.2, 0) is 4.79 Å². The standard InChI is InChI=1S/C16H15ClN4O3/c1-11-2-5-13(6-3-11)18-10-16(22)20-19-9-12-4-7-14(17)15(8-12)21(23)24/h2-9,18H,10H2,1H3,(H,20,22)/b19-9+. The number of anilines is 1. The molecule has 0 heterocycles. The van der Waals surface area contributed by atoms with Gasteiger partial charge in [0.2, 0.25) is 0 Å². The Kier molecular flexibility index (Phi) is 5.86. The molecule has 2 rings (SSSR count). The van der Waals surface area contributed by atoms with Crippen LogP contribution in [0.15, 0.2) is 47.6 Å². The van der Waals surface area contributed by atoms with Crippen LogP contribution in [-0.4, -0.2) is 23.6 Å². The summed E-state index contributed by atoms with van der Waals surface area (Å²) >= 11 is 5.72. The van der Waals surface area contributed by atoms with Gasteiger partial charge in [-0.15, -0.1) is 0 Å². The lowest BCUT2D eigenvalue weighted by Crippen LogP contribution is -2.25. The maximum atomic E-state index is 11.7. The fourth-order valence-electron chi connectivity index (χ4n) is 1.82. The number of rotatable bonds is 6. The van der Waals surface area contributed by atoms with Gasteiger partial charge in [-0.2, -0.15) is 5.10 Å². The summed E-state index contributed by atoms with van der Waals surface area (Å²) in [7, 11) is 0. The summed E-state index contributed by atoms with van der Waals surface area (Å²) in [6, 6.07) is 11.9. The van der Waals surface area contributed by atoms with Crippen molar-refractivity contribution in [3.05, 3.63) is 68.7 Å². The van der Waals surface area contributed by atoms with Crippen LogP contribution in [0.25, 0.3) is 0 Å². The number of aryl methyl sites for hydroxylation is 1. The number of nitrogens with zero attached hydrogens (tertiary/aromatic N) is 2. The number of benzene rings is 2. The van der Waals surface area contributed by atoms with E-state index in [-0.39, 0.29) is 23.2 Å². The maximum Gasteiger partial charge on any atom is 0.288 e. The van der Waals surface area contributed by atoms with E-state index in [1.165, 1.54) is 18.3 Å². The SMILES string of the molecule is Cc1ccc(NCC(=O)N/N=C/c2ccc(Cl)c([N+](=O)[O-])c2)cc1. The van der Waals surface area contributed by atoms with Gasteiger partial charge in [0.05, 0.1) is 17.7 Å². The van der Waals surface area contributed by atoms with Gasteiger partial charge >= 0.3 is 0 Å². The highest BCUT2D eigenvalue weighted by Crippen LogP contribution is 2.24. The van der Waals surface area contributed by atoms with E-state index in [9.17, 15) is 14.9 Å². The van der Waals surface area contributed by atoms with E-state index in [0.29, 0.717) is 5.56 Å². The highest BCUT2D eigenvalue weighted by Gasteiger charge is 2.11. The fourth-order valence-corrected chi connectivity index (χ4v) is 2.01. The Hall–Kier alpha value is -2.93. The third kappa shape index (κ3) is 5.06. The second kappa shape index (κ2) is 8.07. The Morgan fingerprint density at radius 3 is 2.67 bits per heavy atom. The van der Waals surface area contributed by atoms with E-state index in [2.05, 4.69) is 15.8 Å². The van der Waals surface area contributed by atoms with Crippen LogP contribution >= 0.6 is 11.6 Å². The van der Waals surface area contributed by atoms with Crippen molar-refractivity contribution in [1.29, 1.82) is 0 Å². The van der Waals surface area contributed by atoms with Crippen LogP contribution in [0, 0.1) is 17.0 Å². The molecule has 2 N–H and O–H groups in total. The van der Waals surface area contributed by atoms with Gasteiger partial charge in [0.25, 0.3) is 11.6 Å². The van der Waals surface area contributed by atoms with Gasteiger partial charge in [-0.05, 0) is 25.1 Å². The van der Waals surface area contributed by atoms with E-state index in [0.717, 1.165) is 11.3 Å². The zero-order chi connectivity index (χ0) is 17.5. The van der Waals surface area contributed by atoms with Crippen molar-refractivity contribution in [1.82, 2.24) is 5.43 Å². The Morgan fingerprint density at radius 1 is 1.29 bits per heavy atom. The summed E-state index contributed by atoms with van der Waals surface area (Å²) in [5, 5.41) is 17.6. The van der Waals surface area contributed by atoms with Gasteiger partial charge in [-0.1, -0.05) is 35.4 Å². The Balaban J connectivity index is 1.87. The van der Waals surface area contributed by atoms with Gasteiger partial charge in [0.15, 0.2) is 0 Å². The molecule has 0 aromatic heterocycles. The molecule has 0 spiro atoms. The van der Waals surface area contributed by atoms with Crippen molar-refractivity contribution in [2.75, 3.05) is 11.9 Å². The number of carbonyl (C=O) groups is 1. The van der Waals surface area contributed by atoms with Crippen molar-refractivity contribution in [2.45, 2.75) is 6.92 Å². The normalized spacial score (nSPS) is 10.6. The second-order valence-electron chi connectivity index (χ2n) is 4.98. The molecule has 0 fully saturated rings. The molecule has 0 aliphatic rings. The largest absolute Gasteiger partial charge is 0.376 e. The first kappa shape index (κ1) is 17.4. The van der Waals surface area contributed by atoms with Crippen LogP contribution in [0.2, 0.25) is 5.02 Å². The van der Waals surface area contributed by atoms with Gasteiger partial charge in [0, 0.05) is 17.3 Å². The molecular weight excluding hydrogens is 332 g/mol. The molecule has 0 aliphatic heterocycles. The molecule has 2 aromatic rings. The van der Waals surface area contributed by atoms with Crippen molar-refractivity contribution >= 4 is 35.1 Å². The van der Waals surface area contributed by atoms with Crippen LogP contribution in [0.3, 0.4) is 0 Å². The van der Waals surface area contributed by atoms with Gasteiger partial charge in [-0.3, -0.25) is 14.9 Å². The number of nitro benzene ring substituents is 1. The highest BCUT2D eigenvalue weighted by atomic mass is 35.5. The Labute approximate surface area is 143 Å². The Morgan fingerprint density at radius 2 is 2.00 bits per heavy atom. The lowest BCUT2D eigenvalue weighted by Gasteiger charge is -2.05. The topological polar surface area (TPSA) is 96.6 Å². The minimum atomic E-state index is -0.580. The summed E-state index contributed by atoms with van der Waals surface area (Å²) in [4.78, 5) is 21.9. The average Bonchev–Trinajstić information content (AvgIpc) is 2.55. The van der Waals surface area contributed by atoms with E-state index in [1.807, 2.05) is 31.2 Å². The van der Waals surface area contributed by atoms with Crippen molar-refractivity contribution in [2.24, 2.45) is 5.10 Å². The van der Waals surface area contributed by atoms with Crippen molar-refractivity contribution in [3.63, 3.8) is 0 Å². The zero-order valence-corrected chi connectivity index (χ0v) is 13.6. The molecule has 0 aliphatic carbocycles. The molecule has 2 aromatic carbocycles. The predicted octanol–water partition coefficient (Wildman–Crippen LogP) is 3.12. The first-order valence-electron chi connectivity index (χ1n) is 7.02. The summed E-state index contributed by atoms with van der Waals surface area (Å²) in [6.45, 7) is 2.04. The molecular formula is C16H15ClN4O3. The smallest absolute Gasteiger partial charge is 0.288 e. The molecule has 124 valence electrons. The number of nitrogens with one attached hydrogen (secondary N) is 2. The molecule has 24 heavy (non-hydrogen) atoms. The van der Waals surface area contributed by atoms with Gasteiger partial charge in [0.1, 0.15) is 5.02 Å². The number of carbonyl (C=O) groups excluding carboxylic acids is 1. The number of hydrogen-bond acceptors (Lipinski definition) is 5.